The molecule has 5 heteroatoms. The summed E-state index contributed by atoms with van der Waals surface area (Å²) in [6, 6.07) is 50.2. The van der Waals surface area contributed by atoms with Gasteiger partial charge in [-0.2, -0.15) is 0 Å². The summed E-state index contributed by atoms with van der Waals surface area (Å²) in [5.41, 5.74) is 3.29. The number of hydrogen-bond acceptors (Lipinski definition) is 4. The van der Waals surface area contributed by atoms with Gasteiger partial charge in [0.15, 0.2) is 17.3 Å². The zero-order valence-corrected chi connectivity index (χ0v) is 24.6. The molecular weight excluding hydrogens is 563 g/mol. The molecule has 4 nitrogen and oxygen atoms in total. The fraction of sp³-hybridized carbons (Fsp3) is 0. The highest BCUT2D eigenvalue weighted by Gasteiger charge is 2.23. The van der Waals surface area contributed by atoms with Gasteiger partial charge < -0.3 is 0 Å². The smallest absolute Gasteiger partial charge is 0.194 e. The summed E-state index contributed by atoms with van der Waals surface area (Å²) >= 11 is 0. The number of ketones is 3. The van der Waals surface area contributed by atoms with E-state index >= 15 is 0 Å². The van der Waals surface area contributed by atoms with Crippen LogP contribution in [0, 0.1) is 0 Å². The first-order valence-corrected chi connectivity index (χ1v) is 15.3. The predicted molar refractivity (Wildman–Crippen MR) is 176 cm³/mol. The van der Waals surface area contributed by atoms with Gasteiger partial charge >= 0.3 is 0 Å². The van der Waals surface area contributed by atoms with E-state index in [1.165, 1.54) is 0 Å². The van der Waals surface area contributed by atoms with Gasteiger partial charge in [0.25, 0.3) is 0 Å². The second-order valence-corrected chi connectivity index (χ2v) is 11.3. The van der Waals surface area contributed by atoms with Crippen LogP contribution in [0.25, 0.3) is 0 Å². The van der Waals surface area contributed by atoms with Gasteiger partial charge in [-0.15, -0.1) is 0 Å². The Labute approximate surface area is 257 Å². The molecule has 0 heterocycles. The van der Waals surface area contributed by atoms with E-state index in [1.54, 1.807) is 97.1 Å². The van der Waals surface area contributed by atoms with Gasteiger partial charge in [-0.3, -0.25) is 18.9 Å². The lowest BCUT2D eigenvalue weighted by Gasteiger charge is -2.11. The number of rotatable bonds is 8. The van der Waals surface area contributed by atoms with E-state index in [1.807, 2.05) is 72.8 Å². The van der Waals surface area contributed by atoms with Gasteiger partial charge in [-0.25, -0.2) is 0 Å². The first-order valence-electron chi connectivity index (χ1n) is 14.0. The standard InChI is InChI=1S/C26H18O3P.C13H10O/c27-25(19-11-3-1-4-12-19)21-15-7-9-17-23(21)30(29)24-18-10-8-16-22(24)26(28)20-13-5-2-6-14-20;14-13(11-7-3-1-4-8-11)12-9-5-2-6-10-12/h1-18H;1-10H. The first-order chi connectivity index (χ1) is 21.5. The van der Waals surface area contributed by atoms with Crippen LogP contribution in [0.15, 0.2) is 170 Å². The fourth-order valence-corrected chi connectivity index (χ4v) is 6.14. The molecule has 0 aliphatic heterocycles. The average Bonchev–Trinajstić information content (AvgIpc) is 3.12. The quantitative estimate of drug-likeness (QED) is 0.134. The van der Waals surface area contributed by atoms with Crippen molar-refractivity contribution < 1.29 is 18.9 Å². The lowest BCUT2D eigenvalue weighted by atomic mass is 10.0. The molecule has 6 aromatic rings. The maximum Gasteiger partial charge on any atom is 0.194 e. The minimum atomic E-state index is -2.15. The van der Waals surface area contributed by atoms with E-state index in [9.17, 15) is 18.9 Å². The molecule has 0 amide bonds. The van der Waals surface area contributed by atoms with E-state index in [-0.39, 0.29) is 17.3 Å². The summed E-state index contributed by atoms with van der Waals surface area (Å²) in [6.45, 7) is 0. The molecule has 0 saturated carbocycles. The van der Waals surface area contributed by atoms with Crippen molar-refractivity contribution in [2.45, 2.75) is 0 Å². The first kappa shape index (κ1) is 29.9. The maximum absolute atomic E-state index is 13.6. The van der Waals surface area contributed by atoms with Crippen LogP contribution in [-0.2, 0) is 4.57 Å². The van der Waals surface area contributed by atoms with E-state index in [0.717, 1.165) is 11.1 Å². The summed E-state index contributed by atoms with van der Waals surface area (Å²) in [4.78, 5) is 37.9. The Morgan fingerprint density at radius 3 is 0.886 bits per heavy atom. The van der Waals surface area contributed by atoms with Crippen LogP contribution in [0.5, 0.6) is 0 Å². The Morgan fingerprint density at radius 1 is 0.318 bits per heavy atom. The van der Waals surface area contributed by atoms with Crippen molar-refractivity contribution in [1.82, 2.24) is 0 Å². The normalized spacial score (nSPS) is 10.2. The van der Waals surface area contributed by atoms with Crippen LogP contribution in [0.1, 0.15) is 47.8 Å². The summed E-state index contributed by atoms with van der Waals surface area (Å²) in [6.07, 6.45) is 0. The molecule has 0 aliphatic rings. The van der Waals surface area contributed by atoms with Crippen molar-refractivity contribution in [2.75, 3.05) is 0 Å². The number of carbonyl (C=O) groups is 3. The van der Waals surface area contributed by atoms with Crippen molar-refractivity contribution in [3.63, 3.8) is 0 Å². The van der Waals surface area contributed by atoms with E-state index in [4.69, 9.17) is 0 Å². The van der Waals surface area contributed by atoms with Crippen LogP contribution in [0.3, 0.4) is 0 Å². The Kier molecular flexibility index (Phi) is 9.89. The highest BCUT2D eigenvalue weighted by atomic mass is 31.1. The van der Waals surface area contributed by atoms with Gasteiger partial charge in [0.2, 0.25) is 0 Å². The van der Waals surface area contributed by atoms with Crippen molar-refractivity contribution in [3.8, 4) is 0 Å². The molecule has 1 radical (unpaired) electrons. The zero-order chi connectivity index (χ0) is 30.7. The van der Waals surface area contributed by atoms with Gasteiger partial charge in [-0.1, -0.05) is 146 Å². The molecule has 0 unspecified atom stereocenters. The van der Waals surface area contributed by atoms with Gasteiger partial charge in [0, 0.05) is 44.0 Å². The second-order valence-electron chi connectivity index (χ2n) is 9.78. The van der Waals surface area contributed by atoms with Crippen molar-refractivity contribution in [2.24, 2.45) is 0 Å². The van der Waals surface area contributed by atoms with Crippen LogP contribution in [0.2, 0.25) is 0 Å². The van der Waals surface area contributed by atoms with Gasteiger partial charge in [-0.05, 0) is 24.3 Å². The SMILES string of the molecule is O=C(c1ccccc1)c1ccccc1.O=C(c1ccccc1)c1ccccc1[P](=O)c1ccccc1C(=O)c1ccccc1. The van der Waals surface area contributed by atoms with Crippen molar-refractivity contribution in [1.29, 1.82) is 0 Å². The zero-order valence-electron chi connectivity index (χ0n) is 23.7. The summed E-state index contributed by atoms with van der Waals surface area (Å²) in [7, 11) is -2.15. The molecule has 0 spiro atoms. The monoisotopic (exact) mass is 591 g/mol. The Hall–Kier alpha value is -5.57. The van der Waals surface area contributed by atoms with E-state index in [0.29, 0.717) is 32.9 Å². The van der Waals surface area contributed by atoms with Gasteiger partial charge in [0.05, 0.1) is 0 Å². The molecule has 44 heavy (non-hydrogen) atoms. The largest absolute Gasteiger partial charge is 0.289 e. The van der Waals surface area contributed by atoms with Crippen LogP contribution in [0.4, 0.5) is 0 Å². The van der Waals surface area contributed by atoms with Gasteiger partial charge in [0.1, 0.15) is 7.80 Å². The fourth-order valence-electron chi connectivity index (χ4n) is 4.65. The molecular formula is C39H28O4P. The maximum atomic E-state index is 13.6. The molecule has 0 aliphatic carbocycles. The highest BCUT2D eigenvalue weighted by Crippen LogP contribution is 2.26. The number of benzene rings is 6. The van der Waals surface area contributed by atoms with Crippen molar-refractivity contribution in [3.05, 3.63) is 203 Å². The number of hydrogen-bond donors (Lipinski definition) is 0. The molecule has 0 N–H and O–H groups in total. The number of carbonyl (C=O) groups excluding carboxylic acids is 3. The summed E-state index contributed by atoms with van der Waals surface area (Å²) in [5, 5.41) is 0.851. The molecule has 0 saturated heterocycles. The summed E-state index contributed by atoms with van der Waals surface area (Å²) in [5.74, 6) is -0.311. The molecule has 0 aromatic heterocycles. The Morgan fingerprint density at radius 2 is 0.568 bits per heavy atom. The lowest BCUT2D eigenvalue weighted by molar-refractivity contribution is 0.103. The van der Waals surface area contributed by atoms with Crippen LogP contribution < -0.4 is 10.6 Å². The third kappa shape index (κ3) is 7.07. The predicted octanol–water partition coefficient (Wildman–Crippen LogP) is 7.84. The van der Waals surface area contributed by atoms with Crippen LogP contribution >= 0.6 is 7.80 Å². The second kappa shape index (κ2) is 14.6. The minimum Gasteiger partial charge on any atom is -0.289 e. The van der Waals surface area contributed by atoms with E-state index in [2.05, 4.69) is 0 Å². The third-order valence-electron chi connectivity index (χ3n) is 6.88. The molecule has 0 atom stereocenters. The highest BCUT2D eigenvalue weighted by molar-refractivity contribution is 7.62. The molecule has 0 fully saturated rings. The Bertz CT molecular complexity index is 1760. The third-order valence-corrected chi connectivity index (χ3v) is 8.53. The minimum absolute atomic E-state index is 0.0752. The van der Waals surface area contributed by atoms with E-state index < -0.39 is 7.80 Å². The average molecular weight is 592 g/mol. The Balaban J connectivity index is 0.000000229. The van der Waals surface area contributed by atoms with Crippen molar-refractivity contribution >= 4 is 35.8 Å². The molecule has 213 valence electrons. The summed E-state index contributed by atoms with van der Waals surface area (Å²) < 4.78 is 13.6. The molecule has 6 aromatic carbocycles. The molecule has 6 rings (SSSR count). The molecule has 0 bridgehead atoms. The topological polar surface area (TPSA) is 68.3 Å². The van der Waals surface area contributed by atoms with Crippen LogP contribution in [-0.4, -0.2) is 17.3 Å². The lowest BCUT2D eigenvalue weighted by Crippen LogP contribution is -2.20.